The lowest BCUT2D eigenvalue weighted by molar-refractivity contribution is 0.131. The fourth-order valence-corrected chi connectivity index (χ4v) is 3.39. The summed E-state index contributed by atoms with van der Waals surface area (Å²) in [5, 5.41) is 4.09. The molecule has 0 aliphatic carbocycles. The molecule has 1 atom stereocenters. The van der Waals surface area contributed by atoms with E-state index in [1.807, 2.05) is 26.1 Å². The van der Waals surface area contributed by atoms with Crippen molar-refractivity contribution in [2.45, 2.75) is 58.5 Å². The number of nitrogens with zero attached hydrogens (tertiary/aromatic N) is 3. The molecule has 4 heteroatoms. The predicted octanol–water partition coefficient (Wildman–Crippen LogP) is 3.67. The smallest absolute Gasteiger partial charge is 0.138 e. The second-order valence-corrected chi connectivity index (χ2v) is 6.28. The predicted molar refractivity (Wildman–Crippen MR) is 86.6 cm³/mol. The van der Waals surface area contributed by atoms with Crippen LogP contribution in [0.2, 0.25) is 0 Å². The van der Waals surface area contributed by atoms with Gasteiger partial charge in [-0.25, -0.2) is 0 Å². The van der Waals surface area contributed by atoms with Crippen molar-refractivity contribution < 1.29 is 4.52 Å². The van der Waals surface area contributed by atoms with Crippen LogP contribution in [0.25, 0.3) is 0 Å². The lowest BCUT2D eigenvalue weighted by Gasteiger charge is -2.35. The molecule has 1 fully saturated rings. The minimum Gasteiger partial charge on any atom is -0.361 e. The standard InChI is InChI=1S/C18H25N3O/c1-14-18(15(2)22-20-14)13-21-12-6-4-8-17(21)10-9-16-7-3-5-11-19-16/h3,5,7,11,17H,4,6,8-10,12-13H2,1-2H3. The highest BCUT2D eigenvalue weighted by Gasteiger charge is 2.24. The number of rotatable bonds is 5. The fraction of sp³-hybridized carbons (Fsp3) is 0.556. The highest BCUT2D eigenvalue weighted by molar-refractivity contribution is 5.20. The van der Waals surface area contributed by atoms with E-state index in [1.54, 1.807) is 0 Å². The van der Waals surface area contributed by atoms with Crippen molar-refractivity contribution in [2.75, 3.05) is 6.54 Å². The summed E-state index contributed by atoms with van der Waals surface area (Å²) >= 11 is 0. The summed E-state index contributed by atoms with van der Waals surface area (Å²) in [6.45, 7) is 6.20. The van der Waals surface area contributed by atoms with Crippen LogP contribution in [0, 0.1) is 13.8 Å². The van der Waals surface area contributed by atoms with Crippen molar-refractivity contribution in [3.05, 3.63) is 47.1 Å². The molecule has 1 unspecified atom stereocenters. The van der Waals surface area contributed by atoms with Gasteiger partial charge in [-0.2, -0.15) is 0 Å². The van der Waals surface area contributed by atoms with Gasteiger partial charge in [0.05, 0.1) is 5.69 Å². The van der Waals surface area contributed by atoms with Crippen molar-refractivity contribution in [2.24, 2.45) is 0 Å². The van der Waals surface area contributed by atoms with E-state index < -0.39 is 0 Å². The van der Waals surface area contributed by atoms with Gasteiger partial charge in [-0.1, -0.05) is 17.6 Å². The van der Waals surface area contributed by atoms with Gasteiger partial charge in [0.15, 0.2) is 0 Å². The van der Waals surface area contributed by atoms with E-state index in [0.29, 0.717) is 6.04 Å². The van der Waals surface area contributed by atoms with E-state index in [1.165, 1.54) is 43.5 Å². The average Bonchev–Trinajstić information content (AvgIpc) is 2.87. The molecule has 4 nitrogen and oxygen atoms in total. The third kappa shape index (κ3) is 3.55. The summed E-state index contributed by atoms with van der Waals surface area (Å²) in [6, 6.07) is 6.82. The molecule has 1 saturated heterocycles. The van der Waals surface area contributed by atoms with E-state index >= 15 is 0 Å². The van der Waals surface area contributed by atoms with Crippen LogP contribution in [0.4, 0.5) is 0 Å². The maximum atomic E-state index is 5.31. The van der Waals surface area contributed by atoms with Crippen molar-refractivity contribution in [1.82, 2.24) is 15.0 Å². The van der Waals surface area contributed by atoms with Gasteiger partial charge in [0.2, 0.25) is 0 Å². The third-order valence-electron chi connectivity index (χ3n) is 4.75. The van der Waals surface area contributed by atoms with Gasteiger partial charge in [0.1, 0.15) is 5.76 Å². The Morgan fingerprint density at radius 3 is 2.91 bits per heavy atom. The Kier molecular flexibility index (Phi) is 4.88. The molecule has 1 aliphatic rings. The van der Waals surface area contributed by atoms with Gasteiger partial charge < -0.3 is 4.52 Å². The summed E-state index contributed by atoms with van der Waals surface area (Å²) in [5.41, 5.74) is 3.50. The summed E-state index contributed by atoms with van der Waals surface area (Å²) < 4.78 is 5.31. The van der Waals surface area contributed by atoms with Crippen LogP contribution in [-0.2, 0) is 13.0 Å². The summed E-state index contributed by atoms with van der Waals surface area (Å²) in [4.78, 5) is 7.06. The molecule has 1 aliphatic heterocycles. The van der Waals surface area contributed by atoms with Crippen LogP contribution in [-0.4, -0.2) is 27.6 Å². The monoisotopic (exact) mass is 299 g/mol. The Balaban J connectivity index is 1.64. The number of piperidine rings is 1. The first-order chi connectivity index (χ1) is 10.7. The highest BCUT2D eigenvalue weighted by Crippen LogP contribution is 2.25. The SMILES string of the molecule is Cc1noc(C)c1CN1CCCCC1CCc1ccccn1. The Morgan fingerprint density at radius 2 is 2.18 bits per heavy atom. The lowest BCUT2D eigenvalue weighted by atomic mass is 9.96. The summed E-state index contributed by atoms with van der Waals surface area (Å²) in [5.74, 6) is 0.964. The Hall–Kier alpha value is -1.68. The lowest BCUT2D eigenvalue weighted by Crippen LogP contribution is -2.39. The number of hydrogen-bond donors (Lipinski definition) is 0. The zero-order chi connectivity index (χ0) is 15.4. The second kappa shape index (κ2) is 7.05. The maximum absolute atomic E-state index is 5.31. The van der Waals surface area contributed by atoms with Crippen molar-refractivity contribution in [1.29, 1.82) is 0 Å². The van der Waals surface area contributed by atoms with Crippen molar-refractivity contribution in [3.63, 3.8) is 0 Å². The van der Waals surface area contributed by atoms with Crippen LogP contribution in [0.3, 0.4) is 0 Å². The molecule has 0 bridgehead atoms. The minimum absolute atomic E-state index is 0.643. The molecule has 0 N–H and O–H groups in total. The van der Waals surface area contributed by atoms with Crippen LogP contribution in [0.5, 0.6) is 0 Å². The molecule has 0 radical (unpaired) electrons. The quantitative estimate of drug-likeness (QED) is 0.844. The number of likely N-dealkylation sites (tertiary alicyclic amines) is 1. The molecule has 2 aromatic heterocycles. The van der Waals surface area contributed by atoms with E-state index in [0.717, 1.165) is 24.4 Å². The summed E-state index contributed by atoms with van der Waals surface area (Å²) in [7, 11) is 0. The molecule has 22 heavy (non-hydrogen) atoms. The van der Waals surface area contributed by atoms with Crippen molar-refractivity contribution in [3.8, 4) is 0 Å². The van der Waals surface area contributed by atoms with Gasteiger partial charge in [-0.3, -0.25) is 9.88 Å². The first kappa shape index (κ1) is 15.2. The molecule has 0 amide bonds. The fourth-order valence-electron chi connectivity index (χ4n) is 3.39. The minimum atomic E-state index is 0.643. The van der Waals surface area contributed by atoms with E-state index in [4.69, 9.17) is 4.52 Å². The molecule has 0 aromatic carbocycles. The summed E-state index contributed by atoms with van der Waals surface area (Å²) in [6.07, 6.45) is 8.05. The number of aryl methyl sites for hydroxylation is 3. The molecular weight excluding hydrogens is 274 g/mol. The van der Waals surface area contributed by atoms with Gasteiger partial charge in [0.25, 0.3) is 0 Å². The topological polar surface area (TPSA) is 42.2 Å². The number of hydrogen-bond acceptors (Lipinski definition) is 4. The van der Waals surface area contributed by atoms with Gasteiger partial charge in [0, 0.05) is 30.0 Å². The van der Waals surface area contributed by atoms with Crippen LogP contribution in [0.15, 0.2) is 28.9 Å². The Morgan fingerprint density at radius 1 is 1.27 bits per heavy atom. The molecule has 118 valence electrons. The average molecular weight is 299 g/mol. The molecule has 2 aromatic rings. The zero-order valence-electron chi connectivity index (χ0n) is 13.6. The molecular formula is C18H25N3O. The van der Waals surface area contributed by atoms with Gasteiger partial charge in [-0.15, -0.1) is 0 Å². The molecule has 3 heterocycles. The largest absolute Gasteiger partial charge is 0.361 e. The second-order valence-electron chi connectivity index (χ2n) is 6.28. The number of pyridine rings is 1. The zero-order valence-corrected chi connectivity index (χ0v) is 13.6. The maximum Gasteiger partial charge on any atom is 0.138 e. The van der Waals surface area contributed by atoms with E-state index in [9.17, 15) is 0 Å². The normalized spacial score (nSPS) is 19.5. The first-order valence-corrected chi connectivity index (χ1v) is 8.30. The highest BCUT2D eigenvalue weighted by atomic mass is 16.5. The first-order valence-electron chi connectivity index (χ1n) is 8.30. The van der Waals surface area contributed by atoms with Crippen LogP contribution in [0.1, 0.15) is 48.4 Å². The Labute approximate surface area is 132 Å². The van der Waals surface area contributed by atoms with Gasteiger partial charge >= 0.3 is 0 Å². The molecule has 0 saturated carbocycles. The van der Waals surface area contributed by atoms with E-state index in [-0.39, 0.29) is 0 Å². The Bertz CT molecular complexity index is 574. The molecule has 3 rings (SSSR count). The van der Waals surface area contributed by atoms with Gasteiger partial charge in [-0.05, 0) is 58.2 Å². The van der Waals surface area contributed by atoms with E-state index in [2.05, 4.69) is 27.2 Å². The van der Waals surface area contributed by atoms with Crippen molar-refractivity contribution >= 4 is 0 Å². The van der Waals surface area contributed by atoms with Crippen LogP contribution < -0.4 is 0 Å². The third-order valence-corrected chi connectivity index (χ3v) is 4.75. The number of aromatic nitrogens is 2. The molecule has 0 spiro atoms. The van der Waals surface area contributed by atoms with Crippen LogP contribution >= 0.6 is 0 Å².